The van der Waals surface area contributed by atoms with Crippen molar-refractivity contribution in [2.75, 3.05) is 19.9 Å². The van der Waals surface area contributed by atoms with E-state index in [1.807, 2.05) is 6.07 Å². The molecule has 1 atom stereocenters. The predicted molar refractivity (Wildman–Crippen MR) is 67.2 cm³/mol. The molecule has 2 aliphatic rings. The van der Waals surface area contributed by atoms with Gasteiger partial charge in [-0.05, 0) is 37.8 Å². The minimum absolute atomic E-state index is 0.304. The molecule has 1 aromatic rings. The highest BCUT2D eigenvalue weighted by Crippen LogP contribution is 2.44. The van der Waals surface area contributed by atoms with Crippen LogP contribution in [0.25, 0.3) is 0 Å². The highest BCUT2D eigenvalue weighted by atomic mass is 35.5. The molecule has 2 aliphatic heterocycles. The minimum Gasteiger partial charge on any atom is -0.454 e. The van der Waals surface area contributed by atoms with Crippen LogP contribution in [0.15, 0.2) is 6.07 Å². The Morgan fingerprint density at radius 3 is 3.06 bits per heavy atom. The number of rotatable bonds is 1. The summed E-state index contributed by atoms with van der Waals surface area (Å²) < 4.78 is 10.9. The van der Waals surface area contributed by atoms with Gasteiger partial charge < -0.3 is 14.8 Å². The first-order valence-electron chi connectivity index (χ1n) is 6.06. The van der Waals surface area contributed by atoms with Crippen molar-refractivity contribution in [1.29, 1.82) is 0 Å². The van der Waals surface area contributed by atoms with Crippen LogP contribution in [0.5, 0.6) is 11.5 Å². The molecule has 1 N–H and O–H groups in total. The first-order chi connectivity index (χ1) is 8.27. The number of fused-ring (bicyclic) bond motifs is 1. The number of hydrogen-bond acceptors (Lipinski definition) is 3. The molecule has 92 valence electrons. The van der Waals surface area contributed by atoms with Crippen molar-refractivity contribution in [3.8, 4) is 11.5 Å². The first-order valence-corrected chi connectivity index (χ1v) is 6.44. The van der Waals surface area contributed by atoms with Crippen molar-refractivity contribution in [1.82, 2.24) is 5.32 Å². The van der Waals surface area contributed by atoms with Gasteiger partial charge in [-0.3, -0.25) is 0 Å². The molecule has 3 rings (SSSR count). The summed E-state index contributed by atoms with van der Waals surface area (Å²) in [6.07, 6.45) is 2.39. The molecule has 2 heterocycles. The van der Waals surface area contributed by atoms with Gasteiger partial charge in [0.15, 0.2) is 11.5 Å². The second-order valence-corrected chi connectivity index (χ2v) is 5.08. The molecule has 1 saturated heterocycles. The maximum absolute atomic E-state index is 6.38. The molecule has 1 aromatic carbocycles. The Kier molecular flexibility index (Phi) is 2.89. The predicted octanol–water partition coefficient (Wildman–Crippen LogP) is 2.84. The first kappa shape index (κ1) is 11.2. The van der Waals surface area contributed by atoms with Gasteiger partial charge in [0, 0.05) is 23.2 Å². The smallest absolute Gasteiger partial charge is 0.231 e. The maximum Gasteiger partial charge on any atom is 0.231 e. The zero-order valence-electron chi connectivity index (χ0n) is 9.88. The quantitative estimate of drug-likeness (QED) is 0.835. The number of piperidine rings is 1. The molecular formula is C13H16ClNO2. The zero-order chi connectivity index (χ0) is 11.8. The van der Waals surface area contributed by atoms with Crippen LogP contribution in [0.2, 0.25) is 5.02 Å². The molecule has 17 heavy (non-hydrogen) atoms. The molecular weight excluding hydrogens is 238 g/mol. The second kappa shape index (κ2) is 4.39. The molecule has 4 heteroatoms. The fourth-order valence-electron chi connectivity index (χ4n) is 2.78. The molecule has 0 radical (unpaired) electrons. The molecule has 0 bridgehead atoms. The Labute approximate surface area is 106 Å². The van der Waals surface area contributed by atoms with Gasteiger partial charge in [-0.15, -0.1) is 0 Å². The topological polar surface area (TPSA) is 30.5 Å². The Morgan fingerprint density at radius 2 is 2.29 bits per heavy atom. The van der Waals surface area contributed by atoms with Gasteiger partial charge in [-0.1, -0.05) is 11.6 Å². The van der Waals surface area contributed by atoms with E-state index < -0.39 is 0 Å². The number of nitrogens with one attached hydrogen (secondary N) is 1. The lowest BCUT2D eigenvalue weighted by Crippen LogP contribution is -2.28. The fourth-order valence-corrected chi connectivity index (χ4v) is 3.18. The Balaban J connectivity index is 2.03. The number of halogens is 1. The molecule has 0 saturated carbocycles. The van der Waals surface area contributed by atoms with Crippen LogP contribution in [0.1, 0.15) is 29.9 Å². The third-order valence-electron chi connectivity index (χ3n) is 3.61. The van der Waals surface area contributed by atoms with E-state index in [4.69, 9.17) is 21.1 Å². The third-order valence-corrected chi connectivity index (χ3v) is 3.92. The van der Waals surface area contributed by atoms with Crippen molar-refractivity contribution >= 4 is 11.6 Å². The van der Waals surface area contributed by atoms with Crippen LogP contribution in [0, 0.1) is 6.92 Å². The SMILES string of the molecule is Cc1c2c(cc(Cl)c1C1CCCNC1)OCO2. The molecule has 0 spiro atoms. The van der Waals surface area contributed by atoms with E-state index in [1.165, 1.54) is 18.4 Å². The van der Waals surface area contributed by atoms with Crippen LogP contribution in [0.3, 0.4) is 0 Å². The summed E-state index contributed by atoms with van der Waals surface area (Å²) in [5.41, 5.74) is 2.36. The highest BCUT2D eigenvalue weighted by Gasteiger charge is 2.26. The van der Waals surface area contributed by atoms with Crippen LogP contribution in [-0.4, -0.2) is 19.9 Å². The van der Waals surface area contributed by atoms with E-state index in [1.54, 1.807) is 0 Å². The van der Waals surface area contributed by atoms with Gasteiger partial charge in [0.2, 0.25) is 6.79 Å². The van der Waals surface area contributed by atoms with Crippen molar-refractivity contribution in [2.45, 2.75) is 25.7 Å². The second-order valence-electron chi connectivity index (χ2n) is 4.67. The number of benzene rings is 1. The molecule has 1 fully saturated rings. The number of ether oxygens (including phenoxy) is 2. The maximum atomic E-state index is 6.38. The van der Waals surface area contributed by atoms with Gasteiger partial charge in [0.1, 0.15) is 0 Å². The fraction of sp³-hybridized carbons (Fsp3) is 0.538. The van der Waals surface area contributed by atoms with Gasteiger partial charge >= 0.3 is 0 Å². The summed E-state index contributed by atoms with van der Waals surface area (Å²) in [5, 5.41) is 4.23. The lowest BCUT2D eigenvalue weighted by atomic mass is 9.88. The normalized spacial score (nSPS) is 22.8. The van der Waals surface area contributed by atoms with Gasteiger partial charge in [-0.2, -0.15) is 0 Å². The van der Waals surface area contributed by atoms with E-state index >= 15 is 0 Å². The van der Waals surface area contributed by atoms with Gasteiger partial charge in [0.05, 0.1) is 0 Å². The summed E-state index contributed by atoms with van der Waals surface area (Å²) in [7, 11) is 0. The standard InChI is InChI=1S/C13H16ClNO2/c1-8-12(9-3-2-4-15-6-9)10(14)5-11-13(8)17-7-16-11/h5,9,15H,2-4,6-7H2,1H3. The lowest BCUT2D eigenvalue weighted by molar-refractivity contribution is 0.173. The molecule has 3 nitrogen and oxygen atoms in total. The van der Waals surface area contributed by atoms with Crippen LogP contribution in [0.4, 0.5) is 0 Å². The van der Waals surface area contributed by atoms with Gasteiger partial charge in [-0.25, -0.2) is 0 Å². The Bertz CT molecular complexity index is 442. The average molecular weight is 254 g/mol. The van der Waals surface area contributed by atoms with Gasteiger partial charge in [0.25, 0.3) is 0 Å². The number of hydrogen-bond donors (Lipinski definition) is 1. The summed E-state index contributed by atoms with van der Waals surface area (Å²) in [5.74, 6) is 2.14. The Morgan fingerprint density at radius 1 is 1.41 bits per heavy atom. The summed E-state index contributed by atoms with van der Waals surface area (Å²) in [6.45, 7) is 4.49. The summed E-state index contributed by atoms with van der Waals surface area (Å²) in [6, 6.07) is 1.89. The van der Waals surface area contributed by atoms with Crippen molar-refractivity contribution in [3.05, 3.63) is 22.2 Å². The van der Waals surface area contributed by atoms with Crippen LogP contribution >= 0.6 is 11.6 Å². The van der Waals surface area contributed by atoms with Crippen molar-refractivity contribution < 1.29 is 9.47 Å². The summed E-state index contributed by atoms with van der Waals surface area (Å²) in [4.78, 5) is 0. The van der Waals surface area contributed by atoms with Crippen LogP contribution < -0.4 is 14.8 Å². The van der Waals surface area contributed by atoms with E-state index in [0.29, 0.717) is 12.7 Å². The van der Waals surface area contributed by atoms with E-state index in [2.05, 4.69) is 12.2 Å². The highest BCUT2D eigenvalue weighted by molar-refractivity contribution is 6.31. The monoisotopic (exact) mass is 253 g/mol. The molecule has 0 amide bonds. The Hall–Kier alpha value is -0.930. The van der Waals surface area contributed by atoms with Crippen molar-refractivity contribution in [3.63, 3.8) is 0 Å². The van der Waals surface area contributed by atoms with Crippen LogP contribution in [-0.2, 0) is 0 Å². The van der Waals surface area contributed by atoms with Crippen molar-refractivity contribution in [2.24, 2.45) is 0 Å². The minimum atomic E-state index is 0.304. The molecule has 0 aliphatic carbocycles. The van der Waals surface area contributed by atoms with E-state index in [0.717, 1.165) is 35.2 Å². The molecule has 1 unspecified atom stereocenters. The van der Waals surface area contributed by atoms with E-state index in [9.17, 15) is 0 Å². The average Bonchev–Trinajstić information content (AvgIpc) is 2.78. The molecule has 0 aromatic heterocycles. The third kappa shape index (κ3) is 1.87. The summed E-state index contributed by atoms with van der Waals surface area (Å²) >= 11 is 6.38. The van der Waals surface area contributed by atoms with E-state index in [-0.39, 0.29) is 0 Å². The zero-order valence-corrected chi connectivity index (χ0v) is 10.6. The lowest BCUT2D eigenvalue weighted by Gasteiger charge is -2.26. The largest absolute Gasteiger partial charge is 0.454 e.